The lowest BCUT2D eigenvalue weighted by atomic mass is 10.3. The van der Waals surface area contributed by atoms with Crippen LogP contribution in [0.2, 0.25) is 0 Å². The molecular weight excluding hydrogens is 436 g/mol. The molecule has 144 valence electrons. The fourth-order valence-corrected chi connectivity index (χ4v) is 4.24. The van der Waals surface area contributed by atoms with Crippen LogP contribution in [0.5, 0.6) is 0 Å². The summed E-state index contributed by atoms with van der Waals surface area (Å²) in [6.45, 7) is 7.00. The fraction of sp³-hybridized carbons (Fsp3) is 0.353. The Morgan fingerprint density at radius 3 is 2.04 bits per heavy atom. The van der Waals surface area contributed by atoms with E-state index in [4.69, 9.17) is 0 Å². The predicted molar refractivity (Wildman–Crippen MR) is 106 cm³/mol. The van der Waals surface area contributed by atoms with E-state index < -0.39 is 21.3 Å². The van der Waals surface area contributed by atoms with E-state index in [1.165, 1.54) is 22.9 Å². The smallest absolute Gasteiger partial charge is 0.273 e. The summed E-state index contributed by atoms with van der Waals surface area (Å²) < 4.78 is 29.7. The van der Waals surface area contributed by atoms with Gasteiger partial charge in [-0.3, -0.25) is 13.9 Å². The van der Waals surface area contributed by atoms with Gasteiger partial charge >= 0.3 is 5.69 Å². The minimum absolute atomic E-state index is 0.0288. The maximum Gasteiger partial charge on any atom is 0.333 e. The van der Waals surface area contributed by atoms with Crippen molar-refractivity contribution in [3.05, 3.63) is 55.8 Å². The van der Waals surface area contributed by atoms with Gasteiger partial charge in [-0.05, 0) is 52.0 Å². The topological polar surface area (TPSA) is 96.0 Å². The number of hydrogen-bond donors (Lipinski definition) is 0. The molecule has 0 amide bonds. The third kappa shape index (κ3) is 3.16. The Morgan fingerprint density at radius 1 is 0.963 bits per heavy atom. The Hall–Kier alpha value is -2.20. The van der Waals surface area contributed by atoms with Crippen molar-refractivity contribution in [3.63, 3.8) is 0 Å². The molecule has 0 radical (unpaired) electrons. The lowest BCUT2D eigenvalue weighted by molar-refractivity contribution is 0.486. The Kier molecular flexibility index (Phi) is 4.89. The summed E-state index contributed by atoms with van der Waals surface area (Å²) in [4.78, 5) is 25.6. The van der Waals surface area contributed by atoms with E-state index in [1.807, 2.05) is 0 Å². The van der Waals surface area contributed by atoms with Crippen LogP contribution in [0.1, 0.15) is 39.8 Å². The molecule has 0 N–H and O–H groups in total. The Balaban J connectivity index is 2.37. The van der Waals surface area contributed by atoms with Crippen LogP contribution in [-0.4, -0.2) is 26.7 Å². The van der Waals surface area contributed by atoms with E-state index in [9.17, 15) is 18.0 Å². The molecule has 10 heteroatoms. The highest BCUT2D eigenvalue weighted by Crippen LogP contribution is 2.19. The molecule has 8 nitrogen and oxygen atoms in total. The Bertz CT molecular complexity index is 1230. The van der Waals surface area contributed by atoms with Crippen molar-refractivity contribution in [1.29, 1.82) is 0 Å². The van der Waals surface area contributed by atoms with E-state index in [-0.39, 0.29) is 28.0 Å². The van der Waals surface area contributed by atoms with Gasteiger partial charge in [-0.25, -0.2) is 4.79 Å². The van der Waals surface area contributed by atoms with Gasteiger partial charge in [0.25, 0.3) is 15.6 Å². The molecule has 0 aliphatic heterocycles. The van der Waals surface area contributed by atoms with E-state index in [0.29, 0.717) is 0 Å². The number of rotatable bonds is 4. The van der Waals surface area contributed by atoms with Crippen LogP contribution in [0.15, 0.2) is 49.4 Å². The molecule has 3 aromatic rings. The van der Waals surface area contributed by atoms with Crippen LogP contribution in [0.25, 0.3) is 11.0 Å². The minimum Gasteiger partial charge on any atom is -0.273 e. The molecule has 0 saturated carbocycles. The van der Waals surface area contributed by atoms with Gasteiger partial charge in [0, 0.05) is 16.6 Å². The molecule has 0 aliphatic rings. The van der Waals surface area contributed by atoms with E-state index in [1.54, 1.807) is 39.8 Å². The monoisotopic (exact) mass is 454 g/mol. The lowest BCUT2D eigenvalue weighted by Crippen LogP contribution is -2.41. The van der Waals surface area contributed by atoms with Gasteiger partial charge in [-0.15, -0.1) is 5.10 Å². The molecule has 0 spiro atoms. The summed E-state index contributed by atoms with van der Waals surface area (Å²) in [6.07, 6.45) is 1.17. The summed E-state index contributed by atoms with van der Waals surface area (Å²) in [5.74, 6) is 0. The molecule has 2 aromatic heterocycles. The molecule has 3 rings (SSSR count). The third-order valence-electron chi connectivity index (χ3n) is 4.15. The van der Waals surface area contributed by atoms with E-state index in [2.05, 4.69) is 21.0 Å². The molecule has 0 unspecified atom stereocenters. The molecular formula is C17H19BrN4O4S. The predicted octanol–water partition coefficient (Wildman–Crippen LogP) is 2.52. The zero-order chi connectivity index (χ0) is 20.1. The quantitative estimate of drug-likeness (QED) is 0.603. The van der Waals surface area contributed by atoms with Crippen molar-refractivity contribution in [1.82, 2.24) is 18.3 Å². The van der Waals surface area contributed by atoms with Gasteiger partial charge in [0.15, 0.2) is 5.65 Å². The summed E-state index contributed by atoms with van der Waals surface area (Å²) in [5, 5.41) is 4.17. The van der Waals surface area contributed by atoms with Gasteiger partial charge in [0.1, 0.15) is 5.39 Å². The van der Waals surface area contributed by atoms with Crippen molar-refractivity contribution in [2.24, 2.45) is 0 Å². The first-order valence-corrected chi connectivity index (χ1v) is 10.6. The second kappa shape index (κ2) is 6.75. The first kappa shape index (κ1) is 19.6. The molecule has 1 aromatic carbocycles. The second-order valence-electron chi connectivity index (χ2n) is 6.71. The standard InChI is InChI=1S/C17H19BrN4O4S/c1-10(2)21-15-14(16(23)22(11(3)4)17(21)24)9-20(19-15)27(25,26)13-7-5-12(18)6-8-13/h5-11H,1-4H3. The van der Waals surface area contributed by atoms with Crippen LogP contribution < -0.4 is 11.2 Å². The third-order valence-corrected chi connectivity index (χ3v) is 6.23. The van der Waals surface area contributed by atoms with Gasteiger partial charge in [-0.2, -0.15) is 12.5 Å². The highest BCUT2D eigenvalue weighted by molar-refractivity contribution is 9.10. The van der Waals surface area contributed by atoms with Crippen molar-refractivity contribution in [2.75, 3.05) is 0 Å². The summed E-state index contributed by atoms with van der Waals surface area (Å²) >= 11 is 3.26. The van der Waals surface area contributed by atoms with Crippen molar-refractivity contribution < 1.29 is 8.42 Å². The number of benzene rings is 1. The lowest BCUT2D eigenvalue weighted by Gasteiger charge is -2.15. The van der Waals surface area contributed by atoms with Gasteiger partial charge in [0.2, 0.25) is 0 Å². The van der Waals surface area contributed by atoms with Crippen molar-refractivity contribution in [3.8, 4) is 0 Å². The molecule has 0 atom stereocenters. The highest BCUT2D eigenvalue weighted by Gasteiger charge is 2.24. The van der Waals surface area contributed by atoms with E-state index >= 15 is 0 Å². The maximum absolute atomic E-state index is 12.9. The number of nitrogens with zero attached hydrogens (tertiary/aromatic N) is 4. The normalized spacial score (nSPS) is 12.4. The summed E-state index contributed by atoms with van der Waals surface area (Å²) in [6, 6.07) is 5.41. The first-order chi connectivity index (χ1) is 12.6. The zero-order valence-electron chi connectivity index (χ0n) is 15.2. The first-order valence-electron chi connectivity index (χ1n) is 8.33. The summed E-state index contributed by atoms with van der Waals surface area (Å²) in [5.41, 5.74) is -1.01. The average molecular weight is 455 g/mol. The molecule has 0 saturated heterocycles. The van der Waals surface area contributed by atoms with Crippen LogP contribution in [-0.2, 0) is 10.0 Å². The second-order valence-corrected chi connectivity index (χ2v) is 9.42. The number of hydrogen-bond acceptors (Lipinski definition) is 5. The average Bonchev–Trinajstić information content (AvgIpc) is 3.00. The van der Waals surface area contributed by atoms with Crippen LogP contribution >= 0.6 is 15.9 Å². The minimum atomic E-state index is -4.00. The number of aromatic nitrogens is 4. The SMILES string of the molecule is CC(C)n1c(=O)c2cn(S(=O)(=O)c3ccc(Br)cc3)nc2n(C(C)C)c1=O. The van der Waals surface area contributed by atoms with Gasteiger partial charge in [0.05, 0.1) is 11.1 Å². The van der Waals surface area contributed by atoms with E-state index in [0.717, 1.165) is 13.1 Å². The summed E-state index contributed by atoms with van der Waals surface area (Å²) in [7, 11) is -4.00. The molecule has 27 heavy (non-hydrogen) atoms. The van der Waals surface area contributed by atoms with Crippen LogP contribution in [0.4, 0.5) is 0 Å². The Morgan fingerprint density at radius 2 is 1.52 bits per heavy atom. The molecule has 2 heterocycles. The Labute approximate surface area is 164 Å². The maximum atomic E-state index is 12.9. The molecule has 0 bridgehead atoms. The molecule has 0 fully saturated rings. The van der Waals surface area contributed by atoms with Crippen molar-refractivity contribution >= 4 is 37.0 Å². The molecule has 0 aliphatic carbocycles. The van der Waals surface area contributed by atoms with Gasteiger partial charge in [-0.1, -0.05) is 15.9 Å². The number of halogens is 1. The van der Waals surface area contributed by atoms with Crippen LogP contribution in [0, 0.1) is 0 Å². The van der Waals surface area contributed by atoms with Crippen molar-refractivity contribution in [2.45, 2.75) is 44.7 Å². The largest absolute Gasteiger partial charge is 0.333 e. The van der Waals surface area contributed by atoms with Gasteiger partial charge < -0.3 is 0 Å². The zero-order valence-corrected chi connectivity index (χ0v) is 17.7. The highest BCUT2D eigenvalue weighted by atomic mass is 79.9. The fourth-order valence-electron chi connectivity index (χ4n) is 2.85. The number of fused-ring (bicyclic) bond motifs is 1. The van der Waals surface area contributed by atoms with Crippen LogP contribution in [0.3, 0.4) is 0 Å².